The van der Waals surface area contributed by atoms with Crippen LogP contribution in [0, 0.1) is 0 Å². The van der Waals surface area contributed by atoms with Gasteiger partial charge in [0.05, 0.1) is 11.2 Å². The minimum Gasteiger partial charge on any atom is -0.388 e. The third-order valence-corrected chi connectivity index (χ3v) is 7.11. The fraction of sp³-hybridized carbons (Fsp3) is 1.00. The summed E-state index contributed by atoms with van der Waals surface area (Å²) in [5.41, 5.74) is 0. The molecule has 0 radical (unpaired) electrons. The summed E-state index contributed by atoms with van der Waals surface area (Å²) in [6, 6.07) is 0. The Kier molecular flexibility index (Phi) is 5.06. The molecule has 0 aliphatic carbocycles. The van der Waals surface area contributed by atoms with Crippen molar-refractivity contribution in [2.45, 2.75) is 74.7 Å². The summed E-state index contributed by atoms with van der Waals surface area (Å²) in [5.74, 6) is 0.861. The molecule has 3 heterocycles. The number of thioether (sulfide) groups is 2. The molecule has 0 amide bonds. The van der Waals surface area contributed by atoms with Crippen LogP contribution in [0.3, 0.4) is 0 Å². The fourth-order valence-electron chi connectivity index (χ4n) is 3.10. The van der Waals surface area contributed by atoms with E-state index in [0.717, 1.165) is 11.5 Å². The second-order valence-corrected chi connectivity index (χ2v) is 9.68. The van der Waals surface area contributed by atoms with E-state index in [1.165, 1.54) is 6.42 Å². The van der Waals surface area contributed by atoms with Gasteiger partial charge < -0.3 is 24.1 Å². The molecule has 4 atom stereocenters. The van der Waals surface area contributed by atoms with Crippen molar-refractivity contribution in [2.75, 3.05) is 18.1 Å². The van der Waals surface area contributed by atoms with Crippen molar-refractivity contribution < 1.29 is 24.1 Å². The number of hydrogen-bond donors (Lipinski definition) is 1. The number of aliphatic hydroxyl groups excluding tert-OH is 1. The monoisotopic (exact) mass is 350 g/mol. The van der Waals surface area contributed by atoms with Crippen LogP contribution >= 0.6 is 23.5 Å². The number of hydrogen-bond acceptors (Lipinski definition) is 7. The first-order valence-corrected chi connectivity index (χ1v) is 9.96. The minimum absolute atomic E-state index is 0.133. The first-order valence-electron chi connectivity index (χ1n) is 7.86. The molecule has 3 fully saturated rings. The molecule has 3 saturated heterocycles. The van der Waals surface area contributed by atoms with E-state index in [1.807, 2.05) is 51.2 Å². The Labute approximate surface area is 140 Å². The van der Waals surface area contributed by atoms with Crippen LogP contribution in [0.1, 0.15) is 34.1 Å². The van der Waals surface area contributed by atoms with Crippen LogP contribution in [0.25, 0.3) is 0 Å². The van der Waals surface area contributed by atoms with Gasteiger partial charge in [0.2, 0.25) is 0 Å². The van der Waals surface area contributed by atoms with Crippen LogP contribution in [-0.4, -0.2) is 63.8 Å². The van der Waals surface area contributed by atoms with E-state index in [9.17, 15) is 5.11 Å². The molecule has 128 valence electrons. The predicted molar refractivity (Wildman–Crippen MR) is 88.1 cm³/mol. The summed E-state index contributed by atoms with van der Waals surface area (Å²) in [4.78, 5) is 0. The van der Waals surface area contributed by atoms with Gasteiger partial charge in [0.15, 0.2) is 11.6 Å². The van der Waals surface area contributed by atoms with Gasteiger partial charge in [-0.3, -0.25) is 0 Å². The maximum Gasteiger partial charge on any atom is 0.164 e. The standard InChI is InChI=1S/C15H26O5S2/c1-14(2)17-8-9(18-14)11-12(20-15(3,4)19-11)10(16)13-21-6-5-7-22-13/h9-13,16H,5-8H2,1-4H3/t9-,10-,11-,12-/m1/s1. The van der Waals surface area contributed by atoms with Crippen LogP contribution < -0.4 is 0 Å². The lowest BCUT2D eigenvalue weighted by atomic mass is 10.0. The van der Waals surface area contributed by atoms with Gasteiger partial charge in [-0.1, -0.05) is 0 Å². The Balaban J connectivity index is 1.72. The summed E-state index contributed by atoms with van der Waals surface area (Å²) >= 11 is 3.62. The molecule has 3 aliphatic rings. The highest BCUT2D eigenvalue weighted by molar-refractivity contribution is 8.17. The molecule has 0 bridgehead atoms. The van der Waals surface area contributed by atoms with Gasteiger partial charge in [-0.25, -0.2) is 0 Å². The van der Waals surface area contributed by atoms with Crippen LogP contribution in [-0.2, 0) is 18.9 Å². The van der Waals surface area contributed by atoms with Gasteiger partial charge in [0, 0.05) is 0 Å². The summed E-state index contributed by atoms with van der Waals surface area (Å²) in [6.07, 6.45) is -0.289. The van der Waals surface area contributed by atoms with Gasteiger partial charge in [-0.05, 0) is 45.6 Å². The Bertz CT molecular complexity index is 397. The molecule has 0 spiro atoms. The minimum atomic E-state index is -0.712. The Morgan fingerprint density at radius 3 is 2.27 bits per heavy atom. The smallest absolute Gasteiger partial charge is 0.164 e. The molecule has 0 aromatic carbocycles. The highest BCUT2D eigenvalue weighted by Gasteiger charge is 2.53. The van der Waals surface area contributed by atoms with E-state index in [0.29, 0.717) is 6.61 Å². The van der Waals surface area contributed by atoms with E-state index >= 15 is 0 Å². The first-order chi connectivity index (χ1) is 10.3. The van der Waals surface area contributed by atoms with Crippen molar-refractivity contribution in [1.82, 2.24) is 0 Å². The fourth-order valence-corrected chi connectivity index (χ4v) is 6.04. The largest absolute Gasteiger partial charge is 0.388 e. The molecule has 3 rings (SSSR count). The van der Waals surface area contributed by atoms with Crippen molar-refractivity contribution in [3.05, 3.63) is 0 Å². The van der Waals surface area contributed by atoms with Crippen molar-refractivity contribution in [1.29, 1.82) is 0 Å². The molecule has 0 aromatic heterocycles. The highest BCUT2D eigenvalue weighted by Crippen LogP contribution is 2.41. The van der Waals surface area contributed by atoms with Crippen LogP contribution in [0.15, 0.2) is 0 Å². The summed E-state index contributed by atoms with van der Waals surface area (Å²) < 4.78 is 23.8. The quantitative estimate of drug-likeness (QED) is 0.837. The zero-order valence-corrected chi connectivity index (χ0v) is 15.2. The maximum atomic E-state index is 10.8. The van der Waals surface area contributed by atoms with E-state index in [4.69, 9.17) is 18.9 Å². The number of aliphatic hydroxyl groups is 1. The molecule has 7 heteroatoms. The lowest BCUT2D eigenvalue weighted by Gasteiger charge is -2.32. The van der Waals surface area contributed by atoms with E-state index < -0.39 is 17.7 Å². The molecule has 0 unspecified atom stereocenters. The lowest BCUT2D eigenvalue weighted by molar-refractivity contribution is -0.175. The second kappa shape index (κ2) is 6.43. The first kappa shape index (κ1) is 17.3. The van der Waals surface area contributed by atoms with Crippen LogP contribution in [0.4, 0.5) is 0 Å². The normalized spacial score (nSPS) is 40.0. The van der Waals surface area contributed by atoms with E-state index in [1.54, 1.807) is 0 Å². The highest BCUT2D eigenvalue weighted by atomic mass is 32.2. The molecule has 22 heavy (non-hydrogen) atoms. The Morgan fingerprint density at radius 1 is 1.00 bits per heavy atom. The molecular weight excluding hydrogens is 324 g/mol. The lowest BCUT2D eigenvalue weighted by Crippen LogP contribution is -2.47. The zero-order valence-electron chi connectivity index (χ0n) is 13.6. The molecule has 5 nitrogen and oxygen atoms in total. The maximum absolute atomic E-state index is 10.8. The van der Waals surface area contributed by atoms with E-state index in [-0.39, 0.29) is 22.9 Å². The average molecular weight is 351 g/mol. The Hall–Kier alpha value is 0.500. The van der Waals surface area contributed by atoms with Gasteiger partial charge in [-0.15, -0.1) is 23.5 Å². The summed E-state index contributed by atoms with van der Waals surface area (Å²) in [6.45, 7) is 8.02. The third kappa shape index (κ3) is 3.77. The van der Waals surface area contributed by atoms with E-state index in [2.05, 4.69) is 0 Å². The number of ether oxygens (including phenoxy) is 4. The Morgan fingerprint density at radius 2 is 1.68 bits per heavy atom. The summed E-state index contributed by atoms with van der Waals surface area (Å²) in [5, 5.41) is 10.8. The molecule has 3 aliphatic heterocycles. The molecule has 0 saturated carbocycles. The average Bonchev–Trinajstić information content (AvgIpc) is 2.98. The number of rotatable bonds is 3. The van der Waals surface area contributed by atoms with Crippen molar-refractivity contribution in [3.8, 4) is 0 Å². The van der Waals surface area contributed by atoms with Gasteiger partial charge in [0.1, 0.15) is 24.4 Å². The SMILES string of the molecule is CC1(C)O[C@H]([C@H]2COC(C)(C)O2)[C@@H]([C@@H](O)C2SCCCS2)O1. The third-order valence-electron chi connectivity index (χ3n) is 4.03. The molecular formula is C15H26O5S2. The summed E-state index contributed by atoms with van der Waals surface area (Å²) in [7, 11) is 0. The molecule has 1 N–H and O–H groups in total. The zero-order chi connectivity index (χ0) is 16.0. The predicted octanol–water partition coefficient (Wildman–Crippen LogP) is 2.22. The van der Waals surface area contributed by atoms with Crippen LogP contribution in [0.2, 0.25) is 0 Å². The van der Waals surface area contributed by atoms with Gasteiger partial charge in [-0.2, -0.15) is 0 Å². The van der Waals surface area contributed by atoms with Crippen molar-refractivity contribution >= 4 is 23.5 Å². The van der Waals surface area contributed by atoms with Crippen molar-refractivity contribution in [2.24, 2.45) is 0 Å². The molecule has 0 aromatic rings. The topological polar surface area (TPSA) is 57.2 Å². The second-order valence-electron chi connectivity index (χ2n) is 6.89. The van der Waals surface area contributed by atoms with Gasteiger partial charge in [0.25, 0.3) is 0 Å². The van der Waals surface area contributed by atoms with Crippen molar-refractivity contribution in [3.63, 3.8) is 0 Å². The van der Waals surface area contributed by atoms with Gasteiger partial charge >= 0.3 is 0 Å². The van der Waals surface area contributed by atoms with Crippen LogP contribution in [0.5, 0.6) is 0 Å².